The second-order valence-electron chi connectivity index (χ2n) is 19.2. The Kier molecular flexibility index (Phi) is 46.8. The predicted molar refractivity (Wildman–Crippen MR) is 312 cm³/mol. The van der Waals surface area contributed by atoms with Crippen LogP contribution in [0.1, 0.15) is 201 Å². The molecular formula is C65H100O12. The molecule has 432 valence electrons. The highest BCUT2D eigenvalue weighted by Crippen LogP contribution is 2.26. The summed E-state index contributed by atoms with van der Waals surface area (Å²) < 4.78 is 28.3. The SMILES string of the molecule is CC/C=C\C/C=C\C/C=C\C/C=C\C/C=C\CCCCCC(=O)OC1C(OCC(COC(=O)CCCCCCC/C=C\C/C=C\CCCCC)OC(=O)CC/C=C\C/C=C\C/C=C\C/C=C\CC)OC(C(=O)O)C(O)C1O. The molecule has 1 fully saturated rings. The highest BCUT2D eigenvalue weighted by Gasteiger charge is 2.50. The molecule has 12 nitrogen and oxygen atoms in total. The second kappa shape index (κ2) is 51.6. The summed E-state index contributed by atoms with van der Waals surface area (Å²) >= 11 is 0. The molecule has 0 bridgehead atoms. The molecule has 3 N–H and O–H groups in total. The molecule has 0 radical (unpaired) electrons. The van der Waals surface area contributed by atoms with E-state index in [1.165, 1.54) is 19.3 Å². The summed E-state index contributed by atoms with van der Waals surface area (Å²) in [6, 6.07) is 0. The lowest BCUT2D eigenvalue weighted by Gasteiger charge is -2.40. The molecule has 77 heavy (non-hydrogen) atoms. The molecule has 0 aliphatic carbocycles. The van der Waals surface area contributed by atoms with Crippen LogP contribution in [0.15, 0.2) is 134 Å². The standard InChI is InChI=1S/C65H100O12/c1-4-7-10-13-16-19-22-25-27-28-29-30-32-35-38-41-44-47-50-53-59(68)76-63-61(70)60(69)62(64(71)72)77-65(63)74-55-56(75-58(67)52-49-46-43-40-37-33-24-21-18-15-12-9-6-3)54-73-57(66)51-48-45-42-39-36-34-31-26-23-20-17-14-11-8-5-2/h7,9-10,12,16-21,25-27,29-31,33,35,37-38,43,46,56,60-63,65,69-70H,4-6,8,11,13-15,22-24,28,32,34,36,39-42,44-45,47-55H2,1-3H3,(H,71,72)/b10-7-,12-9-,19-16-,20-17-,21-18-,27-25-,30-29-,31-26-,37-33-,38-35-,46-43-. The van der Waals surface area contributed by atoms with Crippen LogP contribution in [0.5, 0.6) is 0 Å². The Labute approximate surface area is 464 Å². The first kappa shape index (κ1) is 69.9. The van der Waals surface area contributed by atoms with Crippen molar-refractivity contribution in [2.24, 2.45) is 0 Å². The zero-order valence-electron chi connectivity index (χ0n) is 47.4. The minimum Gasteiger partial charge on any atom is -0.479 e. The maximum Gasteiger partial charge on any atom is 0.335 e. The molecule has 0 amide bonds. The maximum absolute atomic E-state index is 13.1. The van der Waals surface area contributed by atoms with Gasteiger partial charge >= 0.3 is 23.9 Å². The lowest BCUT2D eigenvalue weighted by Crippen LogP contribution is -2.61. The minimum absolute atomic E-state index is 0.00420. The van der Waals surface area contributed by atoms with Crippen molar-refractivity contribution in [1.29, 1.82) is 0 Å². The maximum atomic E-state index is 13.1. The Bertz CT molecular complexity index is 1850. The van der Waals surface area contributed by atoms with E-state index in [9.17, 15) is 34.5 Å². The minimum atomic E-state index is -1.93. The normalized spacial score (nSPS) is 19.0. The number of allylic oxidation sites excluding steroid dienone is 22. The fourth-order valence-electron chi connectivity index (χ4n) is 7.79. The zero-order chi connectivity index (χ0) is 56.1. The summed E-state index contributed by atoms with van der Waals surface area (Å²) in [7, 11) is 0. The quantitative estimate of drug-likeness (QED) is 0.0228. The van der Waals surface area contributed by atoms with Gasteiger partial charge in [0.05, 0.1) is 6.61 Å². The first-order valence-electron chi connectivity index (χ1n) is 29.2. The number of ether oxygens (including phenoxy) is 5. The van der Waals surface area contributed by atoms with E-state index in [4.69, 9.17) is 23.7 Å². The predicted octanol–water partition coefficient (Wildman–Crippen LogP) is 15.0. The molecule has 0 aromatic heterocycles. The van der Waals surface area contributed by atoms with Crippen LogP contribution in [0.2, 0.25) is 0 Å². The number of unbranched alkanes of at least 4 members (excludes halogenated alkanes) is 11. The molecule has 0 aromatic rings. The molecule has 1 aliphatic heterocycles. The molecule has 1 saturated heterocycles. The van der Waals surface area contributed by atoms with E-state index in [1.54, 1.807) is 0 Å². The van der Waals surface area contributed by atoms with Crippen LogP contribution in [0.3, 0.4) is 0 Å². The van der Waals surface area contributed by atoms with Gasteiger partial charge in [-0.2, -0.15) is 0 Å². The number of aliphatic hydroxyl groups is 2. The van der Waals surface area contributed by atoms with E-state index in [0.717, 1.165) is 116 Å². The van der Waals surface area contributed by atoms with Crippen LogP contribution < -0.4 is 0 Å². The molecule has 0 spiro atoms. The van der Waals surface area contributed by atoms with E-state index in [1.807, 2.05) is 12.2 Å². The van der Waals surface area contributed by atoms with Gasteiger partial charge in [-0.1, -0.05) is 193 Å². The van der Waals surface area contributed by atoms with Crippen molar-refractivity contribution < 1.29 is 58.2 Å². The first-order chi connectivity index (χ1) is 37.6. The molecule has 6 unspecified atom stereocenters. The number of carboxylic acid groups (broad SMARTS) is 1. The Balaban J connectivity index is 2.76. The van der Waals surface area contributed by atoms with Gasteiger partial charge in [0.25, 0.3) is 0 Å². The van der Waals surface area contributed by atoms with Crippen LogP contribution in [-0.4, -0.2) is 89.2 Å². The number of aliphatic hydroxyl groups excluding tert-OH is 2. The number of rotatable bonds is 47. The molecule has 0 saturated carbocycles. The average molecular weight is 1070 g/mol. The van der Waals surface area contributed by atoms with Crippen LogP contribution in [0.25, 0.3) is 0 Å². The summed E-state index contributed by atoms with van der Waals surface area (Å²) in [6.07, 6.45) is 60.1. The number of aliphatic carboxylic acids is 1. The lowest BCUT2D eigenvalue weighted by atomic mass is 9.98. The fraction of sp³-hybridized carbons (Fsp3) is 0.600. The molecule has 1 aliphatic rings. The topological polar surface area (TPSA) is 175 Å². The van der Waals surface area contributed by atoms with E-state index < -0.39 is 67.3 Å². The van der Waals surface area contributed by atoms with Crippen molar-refractivity contribution in [3.63, 3.8) is 0 Å². The smallest absolute Gasteiger partial charge is 0.335 e. The van der Waals surface area contributed by atoms with Gasteiger partial charge in [-0.25, -0.2) is 4.79 Å². The van der Waals surface area contributed by atoms with Crippen molar-refractivity contribution in [1.82, 2.24) is 0 Å². The van der Waals surface area contributed by atoms with Crippen LogP contribution in [0, 0.1) is 0 Å². The van der Waals surface area contributed by atoms with Gasteiger partial charge in [0.15, 0.2) is 24.6 Å². The summed E-state index contributed by atoms with van der Waals surface area (Å²) in [5.41, 5.74) is 0. The Hall–Kier alpha value is -5.14. The van der Waals surface area contributed by atoms with Gasteiger partial charge in [0.2, 0.25) is 0 Å². The zero-order valence-corrected chi connectivity index (χ0v) is 47.4. The van der Waals surface area contributed by atoms with E-state index in [0.29, 0.717) is 25.7 Å². The van der Waals surface area contributed by atoms with Crippen molar-refractivity contribution in [3.8, 4) is 0 Å². The monoisotopic (exact) mass is 1070 g/mol. The van der Waals surface area contributed by atoms with Crippen molar-refractivity contribution in [3.05, 3.63) is 134 Å². The van der Waals surface area contributed by atoms with Crippen LogP contribution >= 0.6 is 0 Å². The molecule has 1 heterocycles. The Morgan fingerprint density at radius 1 is 0.442 bits per heavy atom. The third kappa shape index (κ3) is 41.6. The number of esters is 3. The molecular weight excluding hydrogens is 973 g/mol. The van der Waals surface area contributed by atoms with E-state index in [-0.39, 0.29) is 25.9 Å². The third-order valence-electron chi connectivity index (χ3n) is 12.2. The Morgan fingerprint density at radius 3 is 1.31 bits per heavy atom. The van der Waals surface area contributed by atoms with Gasteiger partial charge in [-0.3, -0.25) is 14.4 Å². The first-order valence-corrected chi connectivity index (χ1v) is 29.2. The Morgan fingerprint density at radius 2 is 0.844 bits per heavy atom. The lowest BCUT2D eigenvalue weighted by molar-refractivity contribution is -0.301. The van der Waals surface area contributed by atoms with Crippen molar-refractivity contribution in [2.45, 2.75) is 237 Å². The highest BCUT2D eigenvalue weighted by molar-refractivity contribution is 5.74. The van der Waals surface area contributed by atoms with Gasteiger partial charge in [0.1, 0.15) is 18.8 Å². The van der Waals surface area contributed by atoms with Gasteiger partial charge in [0, 0.05) is 19.3 Å². The van der Waals surface area contributed by atoms with E-state index in [2.05, 4.69) is 142 Å². The molecule has 1 rings (SSSR count). The van der Waals surface area contributed by atoms with Gasteiger partial charge in [-0.05, 0) is 122 Å². The molecule has 12 heteroatoms. The van der Waals surface area contributed by atoms with Gasteiger partial charge in [-0.15, -0.1) is 0 Å². The fourth-order valence-corrected chi connectivity index (χ4v) is 7.79. The summed E-state index contributed by atoms with van der Waals surface area (Å²) in [4.78, 5) is 51.1. The number of hydrogen-bond donors (Lipinski definition) is 3. The highest BCUT2D eigenvalue weighted by atomic mass is 16.7. The second-order valence-corrected chi connectivity index (χ2v) is 19.2. The molecule has 6 atom stereocenters. The van der Waals surface area contributed by atoms with Crippen molar-refractivity contribution in [2.75, 3.05) is 13.2 Å². The van der Waals surface area contributed by atoms with Crippen LogP contribution in [-0.2, 0) is 42.9 Å². The third-order valence-corrected chi connectivity index (χ3v) is 12.2. The largest absolute Gasteiger partial charge is 0.479 e. The van der Waals surface area contributed by atoms with E-state index >= 15 is 0 Å². The van der Waals surface area contributed by atoms with Crippen molar-refractivity contribution >= 4 is 23.9 Å². The van der Waals surface area contributed by atoms with Gasteiger partial charge < -0.3 is 39.0 Å². The summed E-state index contributed by atoms with van der Waals surface area (Å²) in [5.74, 6) is -3.31. The number of carbonyl (C=O) groups is 4. The van der Waals surface area contributed by atoms with Crippen LogP contribution in [0.4, 0.5) is 0 Å². The summed E-state index contributed by atoms with van der Waals surface area (Å²) in [5, 5.41) is 31.5. The number of carboxylic acids is 1. The number of hydrogen-bond acceptors (Lipinski definition) is 11. The molecule has 0 aromatic carbocycles. The average Bonchev–Trinajstić information content (AvgIpc) is 3.42. The number of carbonyl (C=O) groups excluding carboxylic acids is 3. The summed E-state index contributed by atoms with van der Waals surface area (Å²) in [6.45, 7) is 5.63.